The molecular formula is C14H19Cl2NO. The minimum atomic E-state index is 0.469. The molecule has 2 nitrogen and oxygen atoms in total. The maximum atomic E-state index is 5.97. The fourth-order valence-electron chi connectivity index (χ4n) is 2.41. The van der Waals surface area contributed by atoms with Crippen molar-refractivity contribution in [3.05, 3.63) is 22.2 Å². The van der Waals surface area contributed by atoms with Crippen molar-refractivity contribution in [1.29, 1.82) is 0 Å². The summed E-state index contributed by atoms with van der Waals surface area (Å²) in [5, 5.41) is 0.956. The molecule has 2 rings (SSSR count). The predicted molar refractivity (Wildman–Crippen MR) is 77.6 cm³/mol. The van der Waals surface area contributed by atoms with Gasteiger partial charge in [-0.05, 0) is 24.8 Å². The highest BCUT2D eigenvalue weighted by Gasteiger charge is 2.14. The molecule has 0 saturated heterocycles. The molecule has 1 fully saturated rings. The average Bonchev–Trinajstić information content (AvgIpc) is 2.60. The summed E-state index contributed by atoms with van der Waals surface area (Å²) < 4.78 is 5.80. The van der Waals surface area contributed by atoms with E-state index in [1.54, 1.807) is 12.1 Å². The second kappa shape index (κ2) is 6.53. The van der Waals surface area contributed by atoms with E-state index in [2.05, 4.69) is 0 Å². The molecule has 18 heavy (non-hydrogen) atoms. The summed E-state index contributed by atoms with van der Waals surface area (Å²) >= 11 is 11.9. The van der Waals surface area contributed by atoms with Crippen LogP contribution in [0.3, 0.4) is 0 Å². The standard InChI is InChI=1S/C14H19Cl2NO/c15-11-7-13(17)14(8-12(11)16)18-9-10-5-3-1-2-4-6-10/h7-8,10H,1-6,9,17H2. The summed E-state index contributed by atoms with van der Waals surface area (Å²) in [7, 11) is 0. The van der Waals surface area contributed by atoms with Crippen molar-refractivity contribution >= 4 is 28.9 Å². The van der Waals surface area contributed by atoms with Gasteiger partial charge in [-0.1, -0.05) is 48.9 Å². The number of anilines is 1. The third-order valence-electron chi connectivity index (χ3n) is 3.50. The molecule has 1 aliphatic carbocycles. The maximum Gasteiger partial charge on any atom is 0.143 e. The summed E-state index contributed by atoms with van der Waals surface area (Å²) in [6.45, 7) is 0.724. The molecule has 0 spiro atoms. The molecule has 100 valence electrons. The summed E-state index contributed by atoms with van der Waals surface area (Å²) in [5.74, 6) is 1.29. The third-order valence-corrected chi connectivity index (χ3v) is 4.22. The van der Waals surface area contributed by atoms with E-state index >= 15 is 0 Å². The smallest absolute Gasteiger partial charge is 0.143 e. The number of hydrogen-bond donors (Lipinski definition) is 1. The van der Waals surface area contributed by atoms with Crippen molar-refractivity contribution in [1.82, 2.24) is 0 Å². The zero-order valence-corrected chi connectivity index (χ0v) is 11.9. The van der Waals surface area contributed by atoms with Crippen LogP contribution in [0, 0.1) is 5.92 Å². The van der Waals surface area contributed by atoms with E-state index in [4.69, 9.17) is 33.7 Å². The topological polar surface area (TPSA) is 35.2 Å². The lowest BCUT2D eigenvalue weighted by Crippen LogP contribution is -2.12. The molecule has 0 aliphatic heterocycles. The Morgan fingerprint density at radius 1 is 1.06 bits per heavy atom. The van der Waals surface area contributed by atoms with Crippen LogP contribution in [0.4, 0.5) is 5.69 Å². The van der Waals surface area contributed by atoms with Crippen molar-refractivity contribution in [2.24, 2.45) is 5.92 Å². The average molecular weight is 288 g/mol. The van der Waals surface area contributed by atoms with Crippen LogP contribution in [0.2, 0.25) is 10.0 Å². The first-order valence-corrected chi connectivity index (χ1v) is 7.29. The molecule has 0 atom stereocenters. The van der Waals surface area contributed by atoms with Gasteiger partial charge in [-0.3, -0.25) is 0 Å². The van der Waals surface area contributed by atoms with Gasteiger partial charge >= 0.3 is 0 Å². The Balaban J connectivity index is 1.94. The Morgan fingerprint density at radius 3 is 2.33 bits per heavy atom. The fourth-order valence-corrected chi connectivity index (χ4v) is 2.73. The van der Waals surface area contributed by atoms with Crippen LogP contribution in [0.5, 0.6) is 5.75 Å². The van der Waals surface area contributed by atoms with Crippen LogP contribution in [0.1, 0.15) is 38.5 Å². The molecule has 0 aromatic heterocycles. The van der Waals surface area contributed by atoms with Gasteiger partial charge in [0.2, 0.25) is 0 Å². The summed E-state index contributed by atoms with van der Waals surface area (Å²) in [6.07, 6.45) is 7.83. The molecule has 1 aromatic rings. The summed E-state index contributed by atoms with van der Waals surface area (Å²) in [4.78, 5) is 0. The molecule has 4 heteroatoms. The highest BCUT2D eigenvalue weighted by atomic mass is 35.5. The van der Waals surface area contributed by atoms with Crippen LogP contribution in [-0.4, -0.2) is 6.61 Å². The third kappa shape index (κ3) is 3.69. The fraction of sp³-hybridized carbons (Fsp3) is 0.571. The molecule has 1 aromatic carbocycles. The van der Waals surface area contributed by atoms with Crippen LogP contribution >= 0.6 is 23.2 Å². The van der Waals surface area contributed by atoms with Crippen LogP contribution in [0.15, 0.2) is 12.1 Å². The number of halogens is 2. The van der Waals surface area contributed by atoms with Gasteiger partial charge in [-0.25, -0.2) is 0 Å². The SMILES string of the molecule is Nc1cc(Cl)c(Cl)cc1OCC1CCCCCC1. The molecule has 1 saturated carbocycles. The Labute approximate surface area is 118 Å². The number of hydrogen-bond acceptors (Lipinski definition) is 2. The Morgan fingerprint density at radius 2 is 1.67 bits per heavy atom. The Hall–Kier alpha value is -0.600. The van der Waals surface area contributed by atoms with Gasteiger partial charge in [0.1, 0.15) is 5.75 Å². The largest absolute Gasteiger partial charge is 0.491 e. The zero-order valence-electron chi connectivity index (χ0n) is 10.4. The molecule has 1 aliphatic rings. The lowest BCUT2D eigenvalue weighted by Gasteiger charge is -2.16. The van der Waals surface area contributed by atoms with Crippen molar-refractivity contribution in [2.75, 3.05) is 12.3 Å². The van der Waals surface area contributed by atoms with E-state index in [0.717, 1.165) is 6.61 Å². The summed E-state index contributed by atoms with van der Waals surface area (Å²) in [6, 6.07) is 3.35. The second-order valence-corrected chi connectivity index (χ2v) is 5.79. The molecule has 0 amide bonds. The van der Waals surface area contributed by atoms with Crippen LogP contribution in [0.25, 0.3) is 0 Å². The summed E-state index contributed by atoms with van der Waals surface area (Å²) in [5.41, 5.74) is 6.42. The van der Waals surface area contributed by atoms with Gasteiger partial charge in [0.05, 0.1) is 22.3 Å². The van der Waals surface area contributed by atoms with Crippen molar-refractivity contribution < 1.29 is 4.74 Å². The minimum absolute atomic E-state index is 0.469. The van der Waals surface area contributed by atoms with Crippen LogP contribution < -0.4 is 10.5 Å². The molecule has 0 radical (unpaired) electrons. The molecular weight excluding hydrogens is 269 g/mol. The predicted octanol–water partition coefficient (Wildman–Crippen LogP) is 4.92. The first kappa shape index (κ1) is 13.8. The number of benzene rings is 1. The second-order valence-electron chi connectivity index (χ2n) is 4.97. The van der Waals surface area contributed by atoms with Crippen molar-refractivity contribution in [2.45, 2.75) is 38.5 Å². The van der Waals surface area contributed by atoms with Gasteiger partial charge in [0, 0.05) is 6.07 Å². The molecule has 0 bridgehead atoms. The molecule has 2 N–H and O–H groups in total. The van der Waals surface area contributed by atoms with Crippen molar-refractivity contribution in [3.63, 3.8) is 0 Å². The zero-order chi connectivity index (χ0) is 13.0. The minimum Gasteiger partial charge on any atom is -0.491 e. The number of nitrogens with two attached hydrogens (primary N) is 1. The number of nitrogen functional groups attached to an aromatic ring is 1. The van der Waals surface area contributed by atoms with E-state index in [1.165, 1.54) is 38.5 Å². The maximum absolute atomic E-state index is 5.97. The van der Waals surface area contributed by atoms with Gasteiger partial charge in [0.15, 0.2) is 0 Å². The monoisotopic (exact) mass is 287 g/mol. The number of rotatable bonds is 3. The van der Waals surface area contributed by atoms with Gasteiger partial charge in [-0.2, -0.15) is 0 Å². The van der Waals surface area contributed by atoms with E-state index in [1.807, 2.05) is 0 Å². The van der Waals surface area contributed by atoms with Crippen LogP contribution in [-0.2, 0) is 0 Å². The first-order chi connectivity index (χ1) is 8.66. The quantitative estimate of drug-likeness (QED) is 0.632. The molecule has 0 heterocycles. The van der Waals surface area contributed by atoms with Gasteiger partial charge < -0.3 is 10.5 Å². The number of ether oxygens (including phenoxy) is 1. The van der Waals surface area contributed by atoms with Crippen molar-refractivity contribution in [3.8, 4) is 5.75 Å². The van der Waals surface area contributed by atoms with E-state index in [-0.39, 0.29) is 0 Å². The van der Waals surface area contributed by atoms with Gasteiger partial charge in [-0.15, -0.1) is 0 Å². The lowest BCUT2D eigenvalue weighted by atomic mass is 10.0. The molecule has 0 unspecified atom stereocenters. The van der Waals surface area contributed by atoms with E-state index in [0.29, 0.717) is 27.4 Å². The Kier molecular flexibility index (Phi) is 5.02. The normalized spacial score (nSPS) is 17.4. The highest BCUT2D eigenvalue weighted by molar-refractivity contribution is 6.42. The van der Waals surface area contributed by atoms with Gasteiger partial charge in [0.25, 0.3) is 0 Å². The lowest BCUT2D eigenvalue weighted by molar-refractivity contribution is 0.235. The van der Waals surface area contributed by atoms with E-state index < -0.39 is 0 Å². The highest BCUT2D eigenvalue weighted by Crippen LogP contribution is 2.33. The Bertz CT molecular complexity index is 401. The first-order valence-electron chi connectivity index (χ1n) is 6.54. The van der Waals surface area contributed by atoms with E-state index in [9.17, 15) is 0 Å².